The molecule has 0 heterocycles. The predicted octanol–water partition coefficient (Wildman–Crippen LogP) is 10.3. The van der Waals surface area contributed by atoms with E-state index in [0.29, 0.717) is 19.4 Å². The van der Waals surface area contributed by atoms with Crippen LogP contribution < -0.4 is 15.1 Å². The summed E-state index contributed by atoms with van der Waals surface area (Å²) in [7, 11) is -7.74. The monoisotopic (exact) mass is 870 g/mol. The summed E-state index contributed by atoms with van der Waals surface area (Å²) >= 11 is 0. The van der Waals surface area contributed by atoms with Crippen LogP contribution in [-0.4, -0.2) is 67.9 Å². The van der Waals surface area contributed by atoms with Crippen LogP contribution in [0.2, 0.25) is 23.2 Å². The highest BCUT2D eigenvalue weighted by Crippen LogP contribution is 2.40. The van der Waals surface area contributed by atoms with Crippen LogP contribution in [0.15, 0.2) is 144 Å². The number of ether oxygens (including phenoxy) is 2. The van der Waals surface area contributed by atoms with Gasteiger partial charge in [-0.3, -0.25) is 0 Å². The molecule has 60 heavy (non-hydrogen) atoms. The van der Waals surface area contributed by atoms with Gasteiger partial charge in [0, 0.05) is 5.41 Å². The molecule has 4 aromatic rings. The van der Waals surface area contributed by atoms with Gasteiger partial charge in [0.1, 0.15) is 11.0 Å². The van der Waals surface area contributed by atoms with Gasteiger partial charge in [-0.05, 0) is 76.2 Å². The molecule has 0 saturated carbocycles. The quantitative estimate of drug-likeness (QED) is 0.0554. The normalized spacial score (nSPS) is 14.7. The van der Waals surface area contributed by atoms with Crippen molar-refractivity contribution in [2.45, 2.75) is 120 Å². The molecule has 0 aliphatic carbocycles. The number of methoxy groups -OCH3 is 1. The highest BCUT2D eigenvalue weighted by atomic mass is 32.2. The molecule has 2 unspecified atom stereocenters. The Kier molecular flexibility index (Phi) is 17.9. The fourth-order valence-corrected chi connectivity index (χ4v) is 18.2. The number of aliphatic hydroxyl groups excluding tert-OH is 1. The largest absolute Gasteiger partial charge is 0.497 e. The number of aliphatic hydroxyl groups is 1. The van der Waals surface area contributed by atoms with Gasteiger partial charge in [-0.2, -0.15) is 0 Å². The molecule has 0 saturated heterocycles. The molecule has 4 aromatic carbocycles. The fraction of sp³-hybridized carbons (Fsp3) is 0.440. The van der Waals surface area contributed by atoms with Gasteiger partial charge in [-0.15, -0.1) is 6.58 Å². The summed E-state index contributed by atoms with van der Waals surface area (Å²) in [5.74, 6) is 0.743. The van der Waals surface area contributed by atoms with Crippen LogP contribution in [0.3, 0.4) is 0 Å². The number of hydrogen-bond acceptors (Lipinski definition) is 7. The minimum atomic E-state index is -4.11. The Hall–Kier alpha value is -3.62. The Morgan fingerprint density at radius 3 is 1.77 bits per heavy atom. The van der Waals surface area contributed by atoms with Gasteiger partial charge in [0.15, 0.2) is 18.2 Å². The first-order valence-electron chi connectivity index (χ1n) is 21.4. The van der Waals surface area contributed by atoms with Crippen LogP contribution in [0.4, 0.5) is 0 Å². The van der Waals surface area contributed by atoms with Crippen molar-refractivity contribution in [1.29, 1.82) is 0 Å². The molecule has 3 atom stereocenters. The van der Waals surface area contributed by atoms with Crippen LogP contribution >= 0.6 is 0 Å². The van der Waals surface area contributed by atoms with Crippen molar-refractivity contribution < 1.29 is 31.9 Å². The maximum absolute atomic E-state index is 14.9. The van der Waals surface area contributed by atoms with E-state index in [1.54, 1.807) is 37.4 Å². The average Bonchev–Trinajstić information content (AvgIpc) is 3.24. The third kappa shape index (κ3) is 11.8. The van der Waals surface area contributed by atoms with Gasteiger partial charge in [-0.25, -0.2) is 8.42 Å². The Morgan fingerprint density at radius 1 is 0.783 bits per heavy atom. The van der Waals surface area contributed by atoms with Crippen molar-refractivity contribution in [3.63, 3.8) is 0 Å². The molecule has 0 radical (unpaired) electrons. The molecule has 0 aromatic heterocycles. The Morgan fingerprint density at radius 2 is 1.30 bits per heavy atom. The third-order valence-electron chi connectivity index (χ3n) is 12.1. The second-order valence-corrected chi connectivity index (χ2v) is 28.6. The van der Waals surface area contributed by atoms with Gasteiger partial charge in [0.05, 0.1) is 44.0 Å². The molecule has 0 spiro atoms. The molecule has 1 N–H and O–H groups in total. The van der Waals surface area contributed by atoms with Crippen molar-refractivity contribution in [1.82, 2.24) is 0 Å². The maximum Gasteiger partial charge on any atom is 0.261 e. The molecule has 0 amide bonds. The second-order valence-electron chi connectivity index (χ2n) is 17.5. The zero-order chi connectivity index (χ0) is 44.0. The maximum atomic E-state index is 14.9. The first-order chi connectivity index (χ1) is 28.5. The topological polar surface area (TPSA) is 91.3 Å². The number of allylic oxidation sites excluding steroid dienone is 1. The van der Waals surface area contributed by atoms with Crippen LogP contribution in [0.1, 0.15) is 73.8 Å². The highest BCUT2D eigenvalue weighted by molar-refractivity contribution is 7.92. The summed E-state index contributed by atoms with van der Waals surface area (Å²) in [6.07, 6.45) is 2.60. The lowest BCUT2D eigenvalue weighted by Gasteiger charge is -2.43. The standard InChI is InChI=1S/C50H70O7SSi2/c1-11-24-40(35-36-56-60(49(5,6)7,44-27-20-16-21-28-44)45-29-22-17-23-30-45)37-46(57-59(12-2,13-3)14-4)47(51)48(58(52,53)43-25-18-15-19-26-43)50(8,9)39-55-38-41-31-33-42(54-10)34-32-41/h11,15-23,25-35,46-48,51H,1,12-14,24,36-39H2,2-10H3/b40-35-/t46-,47?,48?/m1/s1. The van der Waals surface area contributed by atoms with Gasteiger partial charge < -0.3 is 23.4 Å². The predicted molar refractivity (Wildman–Crippen MR) is 253 cm³/mol. The van der Waals surface area contributed by atoms with E-state index in [2.05, 4.69) is 103 Å². The molecule has 7 nitrogen and oxygen atoms in total. The highest BCUT2D eigenvalue weighted by Gasteiger charge is 2.51. The van der Waals surface area contributed by atoms with Gasteiger partial charge in [-0.1, -0.05) is 164 Å². The van der Waals surface area contributed by atoms with Crippen molar-refractivity contribution >= 4 is 36.8 Å². The van der Waals surface area contributed by atoms with E-state index >= 15 is 0 Å². The SMILES string of the molecule is C=CC/C(=C/CO[Si](c1ccccc1)(c1ccccc1)C(C)(C)C)C[C@@H](O[Si](CC)(CC)CC)C(O)C(C(C)(C)COCc1ccc(OC)cc1)S(=O)(=O)c1ccccc1. The lowest BCUT2D eigenvalue weighted by Crippen LogP contribution is -2.66. The Labute approximate surface area is 364 Å². The van der Waals surface area contributed by atoms with E-state index in [-0.39, 0.29) is 23.1 Å². The molecule has 0 bridgehead atoms. The van der Waals surface area contributed by atoms with E-state index in [1.165, 1.54) is 10.4 Å². The van der Waals surface area contributed by atoms with Crippen molar-refractivity contribution in [2.75, 3.05) is 20.3 Å². The lowest BCUT2D eigenvalue weighted by molar-refractivity contribution is -0.0210. The molecule has 0 fully saturated rings. The van der Waals surface area contributed by atoms with Gasteiger partial charge >= 0.3 is 0 Å². The fourth-order valence-electron chi connectivity index (χ4n) is 8.55. The summed E-state index contributed by atoms with van der Waals surface area (Å²) in [6.45, 7) is 21.7. The van der Waals surface area contributed by atoms with Crippen LogP contribution in [-0.2, 0) is 30.0 Å². The first-order valence-corrected chi connectivity index (χ1v) is 27.4. The van der Waals surface area contributed by atoms with Crippen LogP contribution in [0.5, 0.6) is 5.75 Å². The van der Waals surface area contributed by atoms with Gasteiger partial charge in [0.2, 0.25) is 0 Å². The van der Waals surface area contributed by atoms with E-state index in [9.17, 15) is 13.5 Å². The minimum absolute atomic E-state index is 0.0825. The molecule has 4 rings (SSSR count). The van der Waals surface area contributed by atoms with Gasteiger partial charge in [0.25, 0.3) is 8.32 Å². The molecule has 10 heteroatoms. The van der Waals surface area contributed by atoms with Crippen LogP contribution in [0.25, 0.3) is 0 Å². The smallest absolute Gasteiger partial charge is 0.261 e. The lowest BCUT2D eigenvalue weighted by atomic mass is 9.84. The van der Waals surface area contributed by atoms with Crippen molar-refractivity contribution in [2.24, 2.45) is 5.41 Å². The minimum Gasteiger partial charge on any atom is -0.497 e. The molecular weight excluding hydrogens is 801 g/mol. The third-order valence-corrected chi connectivity index (χ3v) is 24.3. The van der Waals surface area contributed by atoms with E-state index < -0.39 is 49.3 Å². The van der Waals surface area contributed by atoms with E-state index in [1.807, 2.05) is 56.3 Å². The molecule has 326 valence electrons. The summed E-state index contributed by atoms with van der Waals surface area (Å²) in [4.78, 5) is 0.154. The number of sulfone groups is 1. The summed E-state index contributed by atoms with van der Waals surface area (Å²) in [5.41, 5.74) is 0.869. The van der Waals surface area contributed by atoms with E-state index in [4.69, 9.17) is 18.3 Å². The zero-order valence-electron chi connectivity index (χ0n) is 37.5. The molecule has 0 aliphatic rings. The summed E-state index contributed by atoms with van der Waals surface area (Å²) in [5, 5.41) is 13.8. The van der Waals surface area contributed by atoms with E-state index in [0.717, 1.165) is 35.0 Å². The Bertz CT molecular complexity index is 1980. The number of benzene rings is 4. The number of hydrogen-bond donors (Lipinski definition) is 1. The first kappa shape index (κ1) is 49.0. The van der Waals surface area contributed by atoms with Crippen molar-refractivity contribution in [3.8, 4) is 5.75 Å². The summed E-state index contributed by atoms with van der Waals surface area (Å²) < 4.78 is 56.0. The summed E-state index contributed by atoms with van der Waals surface area (Å²) in [6, 6.07) is 39.7. The molecular formula is C50H70O7SSi2. The average molecular weight is 871 g/mol. The van der Waals surface area contributed by atoms with Crippen LogP contribution in [0, 0.1) is 5.41 Å². The Balaban J connectivity index is 1.78. The molecule has 0 aliphatic heterocycles. The number of rotatable bonds is 24. The van der Waals surface area contributed by atoms with Crippen molar-refractivity contribution in [3.05, 3.63) is 145 Å². The second kappa shape index (κ2) is 22.0. The zero-order valence-corrected chi connectivity index (χ0v) is 40.3.